The molecule has 1 fully saturated rings. The van der Waals surface area contributed by atoms with E-state index in [0.717, 1.165) is 17.0 Å². The van der Waals surface area contributed by atoms with Gasteiger partial charge in [-0.1, -0.05) is 0 Å². The van der Waals surface area contributed by atoms with E-state index in [1.54, 1.807) is 7.05 Å². The number of guanidine groups is 1. The molecule has 1 aliphatic rings. The average molecular weight is 474 g/mol. The lowest BCUT2D eigenvalue weighted by atomic mass is 10.2. The highest BCUT2D eigenvalue weighted by molar-refractivity contribution is 14.0. The number of aryl methyl sites for hydroxylation is 2. The highest BCUT2D eigenvalue weighted by Gasteiger charge is 2.34. The second-order valence-corrected chi connectivity index (χ2v) is 6.18. The van der Waals surface area contributed by atoms with Gasteiger partial charge in [0, 0.05) is 51.0 Å². The first-order valence-corrected chi connectivity index (χ1v) is 7.95. The van der Waals surface area contributed by atoms with Crippen molar-refractivity contribution in [1.29, 1.82) is 0 Å². The summed E-state index contributed by atoms with van der Waals surface area (Å²) in [7, 11) is 3.55. The van der Waals surface area contributed by atoms with Crippen molar-refractivity contribution in [2.45, 2.75) is 39.0 Å². The Kier molecular flexibility index (Phi) is 7.97. The molecular formula is C15H26F3IN6. The monoisotopic (exact) mass is 474 g/mol. The van der Waals surface area contributed by atoms with Crippen LogP contribution in [-0.2, 0) is 13.6 Å². The van der Waals surface area contributed by atoms with Gasteiger partial charge in [0.15, 0.2) is 5.96 Å². The van der Waals surface area contributed by atoms with E-state index in [9.17, 15) is 13.2 Å². The molecule has 0 radical (unpaired) electrons. The molecule has 0 spiro atoms. The lowest BCUT2D eigenvalue weighted by Gasteiger charge is -2.20. The standard InChI is InChI=1S/C15H25F3N6.HI/c1-10-13(11(2)23(4)22-10)7-20-14(19-3)21-12-5-6-24(8-12)9-15(16,17)18;/h12H,5-9H2,1-4H3,(H2,19,20,21);1H. The number of rotatable bonds is 4. The van der Waals surface area contributed by atoms with Gasteiger partial charge in [-0.15, -0.1) is 24.0 Å². The van der Waals surface area contributed by atoms with Crippen LogP contribution in [0.2, 0.25) is 0 Å². The molecule has 0 aromatic carbocycles. The quantitative estimate of drug-likeness (QED) is 0.398. The van der Waals surface area contributed by atoms with E-state index in [0.29, 0.717) is 32.0 Å². The highest BCUT2D eigenvalue weighted by Crippen LogP contribution is 2.20. The molecular weight excluding hydrogens is 448 g/mol. The van der Waals surface area contributed by atoms with Crippen LogP contribution in [0.4, 0.5) is 13.2 Å². The molecule has 1 aromatic rings. The molecule has 0 saturated carbocycles. The van der Waals surface area contributed by atoms with Crippen molar-refractivity contribution < 1.29 is 13.2 Å². The number of aromatic nitrogens is 2. The van der Waals surface area contributed by atoms with Gasteiger partial charge in [-0.25, -0.2) is 0 Å². The molecule has 2 rings (SSSR count). The third-order valence-corrected chi connectivity index (χ3v) is 4.33. The normalized spacial score (nSPS) is 19.0. The number of halogens is 4. The number of nitrogens with one attached hydrogen (secondary N) is 2. The maximum atomic E-state index is 12.4. The van der Waals surface area contributed by atoms with Gasteiger partial charge in [0.1, 0.15) is 0 Å². The van der Waals surface area contributed by atoms with Crippen molar-refractivity contribution in [1.82, 2.24) is 25.3 Å². The third kappa shape index (κ3) is 6.32. The maximum Gasteiger partial charge on any atom is 0.401 e. The Balaban J connectivity index is 0.00000312. The Morgan fingerprint density at radius 3 is 2.56 bits per heavy atom. The van der Waals surface area contributed by atoms with Crippen LogP contribution in [0.15, 0.2) is 4.99 Å². The smallest absolute Gasteiger partial charge is 0.352 e. The molecule has 1 aliphatic heterocycles. The van der Waals surface area contributed by atoms with E-state index in [4.69, 9.17) is 0 Å². The summed E-state index contributed by atoms with van der Waals surface area (Å²) in [6.07, 6.45) is -3.48. The summed E-state index contributed by atoms with van der Waals surface area (Å²) in [5.41, 5.74) is 3.13. The number of alkyl halides is 3. The van der Waals surface area contributed by atoms with Crippen LogP contribution >= 0.6 is 24.0 Å². The number of hydrogen-bond acceptors (Lipinski definition) is 3. The number of likely N-dealkylation sites (tertiary alicyclic amines) is 1. The van der Waals surface area contributed by atoms with E-state index in [-0.39, 0.29) is 30.0 Å². The average Bonchev–Trinajstić information content (AvgIpc) is 2.99. The highest BCUT2D eigenvalue weighted by atomic mass is 127. The van der Waals surface area contributed by atoms with Crippen molar-refractivity contribution in [3.8, 4) is 0 Å². The van der Waals surface area contributed by atoms with Gasteiger partial charge in [-0.3, -0.25) is 14.6 Å². The minimum atomic E-state index is -4.15. The van der Waals surface area contributed by atoms with Gasteiger partial charge in [-0.2, -0.15) is 18.3 Å². The number of aliphatic imine (C=N–C) groups is 1. The molecule has 2 N–H and O–H groups in total. The fourth-order valence-electron chi connectivity index (χ4n) is 2.98. The predicted molar refractivity (Wildman–Crippen MR) is 102 cm³/mol. The van der Waals surface area contributed by atoms with Gasteiger partial charge < -0.3 is 10.6 Å². The minimum Gasteiger partial charge on any atom is -0.352 e. The van der Waals surface area contributed by atoms with Crippen LogP contribution in [0.25, 0.3) is 0 Å². The summed E-state index contributed by atoms with van der Waals surface area (Å²) in [5, 5.41) is 10.8. The van der Waals surface area contributed by atoms with Crippen LogP contribution in [-0.4, -0.2) is 59.5 Å². The first-order chi connectivity index (χ1) is 11.2. The van der Waals surface area contributed by atoms with E-state index in [1.165, 1.54) is 4.90 Å². The molecule has 1 atom stereocenters. The molecule has 10 heteroatoms. The van der Waals surface area contributed by atoms with Crippen molar-refractivity contribution >= 4 is 29.9 Å². The summed E-state index contributed by atoms with van der Waals surface area (Å²) in [5.74, 6) is 0.594. The summed E-state index contributed by atoms with van der Waals surface area (Å²) in [6.45, 7) is 4.47. The lowest BCUT2D eigenvalue weighted by Crippen LogP contribution is -2.45. The van der Waals surface area contributed by atoms with Crippen LogP contribution in [0.5, 0.6) is 0 Å². The Labute approximate surface area is 163 Å². The molecule has 6 nitrogen and oxygen atoms in total. The Bertz CT molecular complexity index is 599. The van der Waals surface area contributed by atoms with Crippen LogP contribution in [0.3, 0.4) is 0 Å². The summed E-state index contributed by atoms with van der Waals surface area (Å²) >= 11 is 0. The molecule has 0 aliphatic carbocycles. The van der Waals surface area contributed by atoms with Crippen molar-refractivity contribution in [2.24, 2.45) is 12.0 Å². The minimum absolute atomic E-state index is 0. The van der Waals surface area contributed by atoms with Gasteiger partial charge in [0.25, 0.3) is 0 Å². The van der Waals surface area contributed by atoms with Crippen LogP contribution in [0.1, 0.15) is 23.4 Å². The zero-order chi connectivity index (χ0) is 17.9. The SMILES string of the molecule is CN=C(NCc1c(C)nn(C)c1C)NC1CCN(CC(F)(F)F)C1.I. The molecule has 1 aromatic heterocycles. The van der Waals surface area contributed by atoms with Crippen LogP contribution < -0.4 is 10.6 Å². The largest absolute Gasteiger partial charge is 0.401 e. The first kappa shape index (κ1) is 22.0. The zero-order valence-corrected chi connectivity index (χ0v) is 17.3. The molecule has 1 saturated heterocycles. The van der Waals surface area contributed by atoms with Crippen molar-refractivity contribution in [3.05, 3.63) is 17.0 Å². The fraction of sp³-hybridized carbons (Fsp3) is 0.733. The number of nitrogens with zero attached hydrogens (tertiary/aromatic N) is 4. The van der Waals surface area contributed by atoms with Crippen molar-refractivity contribution in [2.75, 3.05) is 26.7 Å². The topological polar surface area (TPSA) is 57.5 Å². The van der Waals surface area contributed by atoms with Gasteiger partial charge in [-0.05, 0) is 20.3 Å². The maximum absolute atomic E-state index is 12.4. The summed E-state index contributed by atoms with van der Waals surface area (Å²) in [6, 6.07) is -0.0327. The third-order valence-electron chi connectivity index (χ3n) is 4.33. The zero-order valence-electron chi connectivity index (χ0n) is 14.9. The second kappa shape index (κ2) is 9.06. The molecule has 0 bridgehead atoms. The van der Waals surface area contributed by atoms with E-state index < -0.39 is 12.7 Å². The van der Waals surface area contributed by atoms with E-state index >= 15 is 0 Å². The molecule has 0 amide bonds. The molecule has 25 heavy (non-hydrogen) atoms. The summed E-state index contributed by atoms with van der Waals surface area (Å²) in [4.78, 5) is 5.58. The van der Waals surface area contributed by atoms with Gasteiger partial charge in [0.05, 0.1) is 12.2 Å². The van der Waals surface area contributed by atoms with E-state index in [2.05, 4.69) is 20.7 Å². The fourth-order valence-corrected chi connectivity index (χ4v) is 2.98. The number of hydrogen-bond donors (Lipinski definition) is 2. The molecule has 144 valence electrons. The first-order valence-electron chi connectivity index (χ1n) is 7.95. The van der Waals surface area contributed by atoms with Crippen molar-refractivity contribution in [3.63, 3.8) is 0 Å². The Hall–Kier alpha value is -1.04. The van der Waals surface area contributed by atoms with E-state index in [1.807, 2.05) is 25.6 Å². The Morgan fingerprint density at radius 1 is 1.36 bits per heavy atom. The van der Waals surface area contributed by atoms with Crippen LogP contribution in [0, 0.1) is 13.8 Å². The second-order valence-electron chi connectivity index (χ2n) is 6.18. The molecule has 2 heterocycles. The Morgan fingerprint density at radius 2 is 2.04 bits per heavy atom. The van der Waals surface area contributed by atoms with Gasteiger partial charge in [0.2, 0.25) is 0 Å². The molecule has 1 unspecified atom stereocenters. The predicted octanol–water partition coefficient (Wildman–Crippen LogP) is 1.96. The summed E-state index contributed by atoms with van der Waals surface area (Å²) < 4.78 is 39.2. The van der Waals surface area contributed by atoms with Gasteiger partial charge >= 0.3 is 6.18 Å². The lowest BCUT2D eigenvalue weighted by molar-refractivity contribution is -0.143.